The number of carbonyl (C=O) groups is 1. The third-order valence-electron chi connectivity index (χ3n) is 4.60. The van der Waals surface area contributed by atoms with Gasteiger partial charge in [-0.3, -0.25) is 9.59 Å². The van der Waals surface area contributed by atoms with Crippen molar-refractivity contribution in [2.45, 2.75) is 13.0 Å². The molecule has 2 aromatic heterocycles. The molecule has 11 heteroatoms. The summed E-state index contributed by atoms with van der Waals surface area (Å²) in [5.41, 5.74) is 0.238. The lowest BCUT2D eigenvalue weighted by Gasteiger charge is -2.17. The van der Waals surface area contributed by atoms with E-state index < -0.39 is 22.0 Å². The molecule has 1 fully saturated rings. The van der Waals surface area contributed by atoms with Crippen LogP contribution in [-0.4, -0.2) is 77.6 Å². The van der Waals surface area contributed by atoms with E-state index in [9.17, 15) is 23.1 Å². The molecule has 1 aliphatic heterocycles. The number of aliphatic hydroxyl groups is 1. The lowest BCUT2D eigenvalue weighted by Crippen LogP contribution is -2.33. The van der Waals surface area contributed by atoms with Crippen LogP contribution in [0.5, 0.6) is 0 Å². The lowest BCUT2D eigenvalue weighted by molar-refractivity contribution is 0.0769. The maximum Gasteiger partial charge on any atom is 0.264 e. The minimum atomic E-state index is -3.48. The Morgan fingerprint density at radius 3 is 2.77 bits per heavy atom. The van der Waals surface area contributed by atoms with E-state index in [4.69, 9.17) is 0 Å². The predicted molar refractivity (Wildman–Crippen MR) is 97.9 cm³/mol. The summed E-state index contributed by atoms with van der Waals surface area (Å²) in [7, 11) is -0.610. The molecule has 3 rings (SSSR count). The van der Waals surface area contributed by atoms with Crippen molar-refractivity contribution in [3.8, 4) is 0 Å². The molecule has 1 saturated heterocycles. The summed E-state index contributed by atoms with van der Waals surface area (Å²) in [4.78, 5) is 33.7. The molecular formula is C15H20N4O5S2. The molecule has 1 amide bonds. The summed E-state index contributed by atoms with van der Waals surface area (Å²) in [6.07, 6.45) is 0.376. The minimum Gasteiger partial charge on any atom is -0.391 e. The molecule has 2 atom stereocenters. The topological polar surface area (TPSA) is 124 Å². The predicted octanol–water partition coefficient (Wildman–Crippen LogP) is -0.383. The van der Waals surface area contributed by atoms with Gasteiger partial charge in [0, 0.05) is 33.1 Å². The number of thiophene rings is 1. The molecule has 2 N–H and O–H groups in total. The Hall–Kier alpha value is -1.82. The van der Waals surface area contributed by atoms with Gasteiger partial charge in [-0.05, 0) is 12.5 Å². The van der Waals surface area contributed by atoms with Crippen molar-refractivity contribution < 1.29 is 18.3 Å². The molecule has 0 spiro atoms. The zero-order valence-corrected chi connectivity index (χ0v) is 16.2. The van der Waals surface area contributed by atoms with Crippen LogP contribution in [0, 0.1) is 12.8 Å². The largest absolute Gasteiger partial charge is 0.391 e. The number of fused-ring (bicyclic) bond motifs is 1. The van der Waals surface area contributed by atoms with Crippen molar-refractivity contribution in [2.75, 3.05) is 32.9 Å². The van der Waals surface area contributed by atoms with Crippen molar-refractivity contribution in [3.63, 3.8) is 0 Å². The summed E-state index contributed by atoms with van der Waals surface area (Å²) in [6.45, 7) is 1.89. The molecule has 26 heavy (non-hydrogen) atoms. The van der Waals surface area contributed by atoms with Crippen molar-refractivity contribution in [1.29, 1.82) is 0 Å². The van der Waals surface area contributed by atoms with Gasteiger partial charge in [-0.2, -0.15) is 0 Å². The van der Waals surface area contributed by atoms with Gasteiger partial charge in [0.1, 0.15) is 4.83 Å². The fraction of sp³-hybridized carbons (Fsp3) is 0.533. The monoisotopic (exact) mass is 400 g/mol. The molecule has 0 bridgehead atoms. The van der Waals surface area contributed by atoms with Gasteiger partial charge >= 0.3 is 0 Å². The van der Waals surface area contributed by atoms with E-state index in [0.717, 1.165) is 15.6 Å². The Morgan fingerprint density at radius 1 is 1.46 bits per heavy atom. The van der Waals surface area contributed by atoms with Gasteiger partial charge < -0.3 is 15.0 Å². The normalized spacial score (nSPS) is 21.0. The number of amides is 1. The summed E-state index contributed by atoms with van der Waals surface area (Å²) < 4.78 is 25.2. The van der Waals surface area contributed by atoms with Gasteiger partial charge in [0.2, 0.25) is 10.0 Å². The fourth-order valence-electron chi connectivity index (χ4n) is 3.03. The second-order valence-electron chi connectivity index (χ2n) is 6.57. The molecule has 142 valence electrons. The van der Waals surface area contributed by atoms with Crippen molar-refractivity contribution in [1.82, 2.24) is 19.2 Å². The maximum absolute atomic E-state index is 12.9. The zero-order chi connectivity index (χ0) is 19.2. The molecule has 0 unspecified atom stereocenters. The molecule has 0 aliphatic carbocycles. The average Bonchev–Trinajstić information content (AvgIpc) is 3.08. The molecule has 0 saturated carbocycles. The van der Waals surface area contributed by atoms with Crippen molar-refractivity contribution in [2.24, 2.45) is 5.92 Å². The number of aliphatic hydroxyl groups excluding tert-OH is 1. The molecule has 3 heterocycles. The number of carbonyl (C=O) groups excluding carboxylic acids is 1. The van der Waals surface area contributed by atoms with E-state index in [-0.39, 0.29) is 30.3 Å². The van der Waals surface area contributed by atoms with E-state index in [1.807, 2.05) is 0 Å². The van der Waals surface area contributed by atoms with Gasteiger partial charge in [-0.15, -0.1) is 11.3 Å². The van der Waals surface area contributed by atoms with Crippen LogP contribution in [0.15, 0.2) is 11.1 Å². The smallest absolute Gasteiger partial charge is 0.264 e. The Balaban J connectivity index is 1.85. The molecule has 2 aromatic rings. The minimum absolute atomic E-state index is 0.0594. The second kappa shape index (κ2) is 6.72. The van der Waals surface area contributed by atoms with Crippen LogP contribution < -0.4 is 5.56 Å². The Labute approximate surface area is 154 Å². The highest BCUT2D eigenvalue weighted by atomic mass is 32.2. The number of aryl methyl sites for hydroxylation is 1. The third-order valence-corrected chi connectivity index (χ3v) is 7.75. The highest BCUT2D eigenvalue weighted by molar-refractivity contribution is 7.89. The molecule has 0 radical (unpaired) electrons. The van der Waals surface area contributed by atoms with Crippen LogP contribution in [-0.2, 0) is 10.0 Å². The first-order valence-corrected chi connectivity index (χ1v) is 10.4. The van der Waals surface area contributed by atoms with Crippen LogP contribution in [0.4, 0.5) is 0 Å². The van der Waals surface area contributed by atoms with Crippen molar-refractivity contribution >= 4 is 37.5 Å². The Bertz CT molecular complexity index is 1010. The fourth-order valence-corrected chi connectivity index (χ4v) is 5.31. The summed E-state index contributed by atoms with van der Waals surface area (Å²) in [5.74, 6) is -1.10. The number of sulfonamides is 1. The van der Waals surface area contributed by atoms with Crippen LogP contribution in [0.3, 0.4) is 0 Å². The maximum atomic E-state index is 12.9. The van der Waals surface area contributed by atoms with E-state index in [0.29, 0.717) is 20.7 Å². The number of hydrogen-bond donors (Lipinski definition) is 2. The second-order valence-corrected chi connectivity index (χ2v) is 9.79. The number of β-amino-alcohol motifs (C(OH)–C–C–N with tert-alkyl or cyclic N) is 1. The van der Waals surface area contributed by atoms with Crippen LogP contribution >= 0.6 is 11.3 Å². The van der Waals surface area contributed by atoms with E-state index in [1.54, 1.807) is 6.92 Å². The number of rotatable bonds is 4. The standard InChI is InChI=1S/C15H20N4O5S2/c1-8-11-13(21)16-7-17-14(11)25-12(8)15(22)19-4-9(10(20)5-19)6-26(23,24)18(2)3/h7,9-10,20H,4-6H2,1-3H3,(H,16,17,21)/t9-,10+/m0/s1. The average molecular weight is 400 g/mol. The van der Waals surface area contributed by atoms with Crippen LogP contribution in [0.1, 0.15) is 15.2 Å². The number of H-pyrrole nitrogens is 1. The SMILES string of the molecule is Cc1c(C(=O)N2C[C@@H](CS(=O)(=O)N(C)C)[C@H](O)C2)sc2nc[nH]c(=O)c12. The number of nitrogens with zero attached hydrogens (tertiary/aromatic N) is 3. The van der Waals surface area contributed by atoms with Crippen LogP contribution in [0.2, 0.25) is 0 Å². The van der Waals surface area contributed by atoms with Gasteiger partial charge in [-0.1, -0.05) is 0 Å². The van der Waals surface area contributed by atoms with Crippen LogP contribution in [0.25, 0.3) is 10.2 Å². The number of aromatic nitrogens is 2. The quantitative estimate of drug-likeness (QED) is 0.721. The number of nitrogens with one attached hydrogen (secondary N) is 1. The molecule has 0 aromatic carbocycles. The van der Waals surface area contributed by atoms with E-state index in [2.05, 4.69) is 9.97 Å². The number of aromatic amines is 1. The summed E-state index contributed by atoms with van der Waals surface area (Å²) in [5, 5.41) is 10.6. The molecule has 9 nitrogen and oxygen atoms in total. The van der Waals surface area contributed by atoms with Gasteiger partial charge in [0.25, 0.3) is 11.5 Å². The van der Waals surface area contributed by atoms with E-state index >= 15 is 0 Å². The highest BCUT2D eigenvalue weighted by Crippen LogP contribution is 2.30. The van der Waals surface area contributed by atoms with Gasteiger partial charge in [0.05, 0.1) is 28.4 Å². The van der Waals surface area contributed by atoms with Gasteiger partial charge in [-0.25, -0.2) is 17.7 Å². The first-order chi connectivity index (χ1) is 12.1. The third kappa shape index (κ3) is 3.27. The Morgan fingerprint density at radius 2 is 2.15 bits per heavy atom. The number of likely N-dealkylation sites (tertiary alicyclic amines) is 1. The molecular weight excluding hydrogens is 380 g/mol. The summed E-state index contributed by atoms with van der Waals surface area (Å²) in [6, 6.07) is 0. The van der Waals surface area contributed by atoms with Crippen molar-refractivity contribution in [3.05, 3.63) is 27.1 Å². The first-order valence-electron chi connectivity index (χ1n) is 7.96. The Kier molecular flexibility index (Phi) is 4.90. The lowest BCUT2D eigenvalue weighted by atomic mass is 10.1. The van der Waals surface area contributed by atoms with E-state index in [1.165, 1.54) is 25.3 Å². The van der Waals surface area contributed by atoms with Gasteiger partial charge in [0.15, 0.2) is 0 Å². The number of hydrogen-bond acceptors (Lipinski definition) is 7. The molecule has 1 aliphatic rings. The first kappa shape index (κ1) is 19.0. The highest BCUT2D eigenvalue weighted by Gasteiger charge is 2.38. The zero-order valence-electron chi connectivity index (χ0n) is 14.6. The summed E-state index contributed by atoms with van der Waals surface area (Å²) >= 11 is 1.12.